The molecular weight excluding hydrogens is 452 g/mol. The van der Waals surface area contributed by atoms with Gasteiger partial charge >= 0.3 is 6.03 Å². The quantitative estimate of drug-likeness (QED) is 0.613. The molecule has 1 aromatic carbocycles. The molecule has 5 rings (SSSR count). The second kappa shape index (κ2) is 9.88. The fourth-order valence-corrected chi connectivity index (χ4v) is 6.49. The van der Waals surface area contributed by atoms with Crippen molar-refractivity contribution in [1.82, 2.24) is 29.6 Å². The Kier molecular flexibility index (Phi) is 6.81. The van der Waals surface area contributed by atoms with Crippen molar-refractivity contribution in [3.8, 4) is 0 Å². The number of urea groups is 1. The van der Waals surface area contributed by atoms with Gasteiger partial charge in [0, 0.05) is 31.9 Å². The monoisotopic (exact) mass is 492 g/mol. The van der Waals surface area contributed by atoms with Gasteiger partial charge in [0.25, 0.3) is 0 Å². The van der Waals surface area contributed by atoms with E-state index in [1.165, 1.54) is 24.8 Å². The van der Waals surface area contributed by atoms with Gasteiger partial charge in [0.15, 0.2) is 0 Å². The van der Waals surface area contributed by atoms with Crippen LogP contribution in [0.15, 0.2) is 42.9 Å². The van der Waals surface area contributed by atoms with Crippen LogP contribution >= 0.6 is 0 Å². The summed E-state index contributed by atoms with van der Waals surface area (Å²) >= 11 is 0. The highest BCUT2D eigenvalue weighted by Crippen LogP contribution is 2.49. The Morgan fingerprint density at radius 3 is 2.44 bits per heavy atom. The zero-order valence-corrected chi connectivity index (χ0v) is 21.9. The van der Waals surface area contributed by atoms with E-state index in [2.05, 4.69) is 64.5 Å². The van der Waals surface area contributed by atoms with Crippen LogP contribution in [-0.2, 0) is 23.9 Å². The summed E-state index contributed by atoms with van der Waals surface area (Å²) in [4.78, 5) is 37.1. The number of hydrogen-bond donors (Lipinski definition) is 1. The molecule has 3 aliphatic rings. The Labute approximate surface area is 214 Å². The van der Waals surface area contributed by atoms with E-state index in [4.69, 9.17) is 0 Å². The maximum atomic E-state index is 13.7. The first-order chi connectivity index (χ1) is 17.3. The predicted molar refractivity (Wildman–Crippen MR) is 139 cm³/mol. The van der Waals surface area contributed by atoms with Gasteiger partial charge in [-0.05, 0) is 64.1 Å². The third kappa shape index (κ3) is 4.63. The third-order valence-electron chi connectivity index (χ3n) is 8.96. The van der Waals surface area contributed by atoms with Crippen LogP contribution in [0.5, 0.6) is 0 Å². The molecule has 0 atom stereocenters. The molecular formula is C28H40N6O2. The molecule has 2 saturated carbocycles. The molecule has 8 nitrogen and oxygen atoms in total. The molecule has 2 aromatic rings. The SMILES string of the molecule is CN(C)C1(c2ccccc2)CCC2(CC1)CN(CC(=O)NCc1cn(C)cn1)C(=O)N2CC1CCC1. The van der Waals surface area contributed by atoms with Crippen molar-refractivity contribution >= 4 is 11.9 Å². The van der Waals surface area contributed by atoms with E-state index < -0.39 is 0 Å². The molecule has 2 heterocycles. The lowest BCUT2D eigenvalue weighted by Crippen LogP contribution is -2.56. The zero-order valence-electron chi connectivity index (χ0n) is 21.9. The first kappa shape index (κ1) is 24.8. The Morgan fingerprint density at radius 1 is 1.14 bits per heavy atom. The van der Waals surface area contributed by atoms with E-state index in [-0.39, 0.29) is 29.6 Å². The summed E-state index contributed by atoms with van der Waals surface area (Å²) in [5.41, 5.74) is 1.95. The smallest absolute Gasteiger partial charge is 0.321 e. The van der Waals surface area contributed by atoms with E-state index >= 15 is 0 Å². The lowest BCUT2D eigenvalue weighted by atomic mass is 9.68. The van der Waals surface area contributed by atoms with Gasteiger partial charge in [-0.1, -0.05) is 36.8 Å². The van der Waals surface area contributed by atoms with Crippen molar-refractivity contribution < 1.29 is 9.59 Å². The highest BCUT2D eigenvalue weighted by Gasteiger charge is 2.55. The molecule has 0 unspecified atom stereocenters. The van der Waals surface area contributed by atoms with Crippen LogP contribution in [0.1, 0.15) is 56.2 Å². The van der Waals surface area contributed by atoms with Gasteiger partial charge in [0.2, 0.25) is 5.91 Å². The zero-order chi connectivity index (χ0) is 25.3. The van der Waals surface area contributed by atoms with E-state index in [0.717, 1.165) is 37.9 Å². The van der Waals surface area contributed by atoms with E-state index in [1.54, 1.807) is 11.2 Å². The number of carbonyl (C=O) groups is 2. The summed E-state index contributed by atoms with van der Waals surface area (Å²) in [5.74, 6) is 0.468. The Hall–Kier alpha value is -2.87. The average Bonchev–Trinajstić information content (AvgIpc) is 3.37. The largest absolute Gasteiger partial charge is 0.349 e. The summed E-state index contributed by atoms with van der Waals surface area (Å²) in [7, 11) is 6.26. The molecule has 2 aliphatic carbocycles. The normalized spacial score (nSPS) is 26.6. The Bertz CT molecular complexity index is 1070. The fourth-order valence-electron chi connectivity index (χ4n) is 6.49. The van der Waals surface area contributed by atoms with Gasteiger partial charge in [-0.3, -0.25) is 9.69 Å². The first-order valence-corrected chi connectivity index (χ1v) is 13.3. The number of carbonyl (C=O) groups excluding carboxylic acids is 2. The number of amides is 3. The highest BCUT2D eigenvalue weighted by atomic mass is 16.2. The molecule has 1 aromatic heterocycles. The van der Waals surface area contributed by atoms with Crippen LogP contribution in [0, 0.1) is 5.92 Å². The first-order valence-electron chi connectivity index (χ1n) is 13.3. The van der Waals surface area contributed by atoms with Gasteiger partial charge in [-0.2, -0.15) is 0 Å². The van der Waals surface area contributed by atoms with Crippen LogP contribution in [-0.4, -0.2) is 75.5 Å². The van der Waals surface area contributed by atoms with Crippen molar-refractivity contribution in [1.29, 1.82) is 0 Å². The second-order valence-electron chi connectivity index (χ2n) is 11.4. The number of nitrogens with one attached hydrogen (secondary N) is 1. The van der Waals surface area contributed by atoms with Gasteiger partial charge in [0.05, 0.1) is 24.1 Å². The summed E-state index contributed by atoms with van der Waals surface area (Å²) in [6, 6.07) is 10.8. The molecule has 8 heteroatoms. The molecule has 0 radical (unpaired) electrons. The Morgan fingerprint density at radius 2 is 1.86 bits per heavy atom. The molecule has 1 aliphatic heterocycles. The molecule has 1 N–H and O–H groups in total. The maximum absolute atomic E-state index is 13.7. The molecule has 1 saturated heterocycles. The fraction of sp³-hybridized carbons (Fsp3) is 0.607. The standard InChI is InChI=1S/C28H40N6O2/c1-31(2)28(23-10-5-4-6-11-23)14-12-27(13-15-28)20-33(26(36)34(27)17-22-8-7-9-22)19-25(35)29-16-24-18-32(3)21-30-24/h4-6,10-11,18,21-22H,7-9,12-17,19-20H2,1-3H3,(H,29,35). The summed E-state index contributed by atoms with van der Waals surface area (Å²) in [6.45, 7) is 1.94. The molecule has 1 spiro atoms. The summed E-state index contributed by atoms with van der Waals surface area (Å²) in [6.07, 6.45) is 11.2. The minimum Gasteiger partial charge on any atom is -0.349 e. The van der Waals surface area contributed by atoms with Crippen LogP contribution in [0.4, 0.5) is 4.79 Å². The lowest BCUT2D eigenvalue weighted by molar-refractivity contribution is -0.121. The summed E-state index contributed by atoms with van der Waals surface area (Å²) < 4.78 is 1.86. The van der Waals surface area contributed by atoms with Crippen molar-refractivity contribution in [2.75, 3.05) is 33.7 Å². The number of hydrogen-bond acceptors (Lipinski definition) is 4. The maximum Gasteiger partial charge on any atom is 0.321 e. The van der Waals surface area contributed by atoms with Crippen LogP contribution in [0.3, 0.4) is 0 Å². The minimum absolute atomic E-state index is 0.0226. The highest BCUT2D eigenvalue weighted by molar-refractivity contribution is 5.86. The van der Waals surface area contributed by atoms with Crippen LogP contribution in [0.25, 0.3) is 0 Å². The number of aryl methyl sites for hydroxylation is 1. The van der Waals surface area contributed by atoms with Crippen LogP contribution < -0.4 is 5.32 Å². The number of rotatable bonds is 8. The van der Waals surface area contributed by atoms with Crippen molar-refractivity contribution in [2.45, 2.75) is 62.6 Å². The molecule has 3 amide bonds. The number of imidazole rings is 1. The number of nitrogens with zero attached hydrogens (tertiary/aromatic N) is 5. The van der Waals surface area contributed by atoms with E-state index in [9.17, 15) is 9.59 Å². The number of benzene rings is 1. The predicted octanol–water partition coefficient (Wildman–Crippen LogP) is 3.34. The van der Waals surface area contributed by atoms with Gasteiger partial charge in [0.1, 0.15) is 6.54 Å². The molecule has 194 valence electrons. The minimum atomic E-state index is -0.192. The van der Waals surface area contributed by atoms with Crippen molar-refractivity contribution in [3.05, 3.63) is 54.1 Å². The second-order valence-corrected chi connectivity index (χ2v) is 11.4. The average molecular weight is 493 g/mol. The topological polar surface area (TPSA) is 73.7 Å². The lowest BCUT2D eigenvalue weighted by Gasteiger charge is -2.51. The third-order valence-corrected chi connectivity index (χ3v) is 8.96. The van der Waals surface area contributed by atoms with E-state index in [0.29, 0.717) is 19.0 Å². The van der Waals surface area contributed by atoms with Gasteiger partial charge in [-0.15, -0.1) is 0 Å². The van der Waals surface area contributed by atoms with Gasteiger partial charge in [-0.25, -0.2) is 9.78 Å². The van der Waals surface area contributed by atoms with Crippen molar-refractivity contribution in [3.63, 3.8) is 0 Å². The number of aromatic nitrogens is 2. The molecule has 3 fully saturated rings. The Balaban J connectivity index is 1.30. The van der Waals surface area contributed by atoms with Crippen molar-refractivity contribution in [2.24, 2.45) is 13.0 Å². The van der Waals surface area contributed by atoms with E-state index in [1.807, 2.05) is 17.8 Å². The summed E-state index contributed by atoms with van der Waals surface area (Å²) in [5, 5.41) is 2.94. The molecule has 36 heavy (non-hydrogen) atoms. The van der Waals surface area contributed by atoms with Gasteiger partial charge < -0.3 is 19.7 Å². The molecule has 0 bridgehead atoms. The van der Waals surface area contributed by atoms with Crippen LogP contribution in [0.2, 0.25) is 0 Å².